The average molecular weight is 438 g/mol. The second-order valence-corrected chi connectivity index (χ2v) is 8.20. The quantitative estimate of drug-likeness (QED) is 0.679. The summed E-state index contributed by atoms with van der Waals surface area (Å²) in [6, 6.07) is 3.70. The van der Waals surface area contributed by atoms with Crippen molar-refractivity contribution in [1.82, 2.24) is 19.5 Å². The molecule has 0 fully saturated rings. The molecule has 2 heterocycles. The summed E-state index contributed by atoms with van der Waals surface area (Å²) in [5.74, 6) is -2.22. The van der Waals surface area contributed by atoms with Crippen LogP contribution in [0.1, 0.15) is 10.4 Å². The van der Waals surface area contributed by atoms with Gasteiger partial charge in [-0.25, -0.2) is 27.2 Å². The molecule has 0 spiro atoms. The van der Waals surface area contributed by atoms with Gasteiger partial charge in [0.1, 0.15) is 5.69 Å². The summed E-state index contributed by atoms with van der Waals surface area (Å²) in [5, 5.41) is 4.65. The van der Waals surface area contributed by atoms with E-state index in [0.717, 1.165) is 17.0 Å². The van der Waals surface area contributed by atoms with E-state index in [1.165, 1.54) is 18.3 Å². The van der Waals surface area contributed by atoms with Crippen molar-refractivity contribution in [3.8, 4) is 5.69 Å². The Morgan fingerprint density at radius 3 is 2.54 bits per heavy atom. The second kappa shape index (κ2) is 6.66. The highest BCUT2D eigenvalue weighted by Crippen LogP contribution is 2.29. The number of nitrogens with one attached hydrogen (secondary N) is 1. The molecule has 0 saturated carbocycles. The van der Waals surface area contributed by atoms with Crippen molar-refractivity contribution in [2.75, 3.05) is 6.26 Å². The Bertz CT molecular complexity index is 1160. The molecule has 0 aliphatic carbocycles. The zero-order chi connectivity index (χ0) is 19.2. The number of fused-ring (bicyclic) bond motifs is 1. The fourth-order valence-electron chi connectivity index (χ4n) is 2.23. The number of hydrogen-bond acceptors (Lipinski definition) is 5. The van der Waals surface area contributed by atoms with Crippen molar-refractivity contribution in [2.45, 2.75) is 0 Å². The molecular weight excluding hydrogens is 430 g/mol. The van der Waals surface area contributed by atoms with Crippen LogP contribution in [-0.2, 0) is 10.0 Å². The monoisotopic (exact) mass is 436 g/mol. The smallest absolute Gasteiger partial charge is 0.267 e. The lowest BCUT2D eigenvalue weighted by atomic mass is 10.1. The summed E-state index contributed by atoms with van der Waals surface area (Å²) >= 11 is 17.9. The number of hydrogen-bond donors (Lipinski definition) is 1. The molecule has 3 aromatic rings. The largest absolute Gasteiger partial charge is 0.268 e. The third kappa shape index (κ3) is 3.61. The summed E-state index contributed by atoms with van der Waals surface area (Å²) in [4.78, 5) is 16.1. The Morgan fingerprint density at radius 1 is 1.19 bits per heavy atom. The molecule has 3 rings (SSSR count). The number of halogens is 4. The molecule has 26 heavy (non-hydrogen) atoms. The van der Waals surface area contributed by atoms with Gasteiger partial charge in [0.15, 0.2) is 16.6 Å². The molecule has 0 atom stereocenters. The molecule has 0 unspecified atom stereocenters. The van der Waals surface area contributed by atoms with E-state index in [1.54, 1.807) is 4.72 Å². The first-order chi connectivity index (χ1) is 12.1. The fraction of sp³-hybridized carbons (Fsp3) is 0.0714. The molecule has 136 valence electrons. The lowest BCUT2D eigenvalue weighted by Gasteiger charge is -2.10. The van der Waals surface area contributed by atoms with Crippen molar-refractivity contribution in [1.29, 1.82) is 0 Å². The molecule has 0 bridgehead atoms. The summed E-state index contributed by atoms with van der Waals surface area (Å²) < 4.78 is 40.1. The highest BCUT2D eigenvalue weighted by atomic mass is 35.5. The van der Waals surface area contributed by atoms with Gasteiger partial charge in [0.25, 0.3) is 5.91 Å². The highest BCUT2D eigenvalue weighted by Gasteiger charge is 2.23. The van der Waals surface area contributed by atoms with E-state index >= 15 is 0 Å². The maximum atomic E-state index is 14.9. The topological polar surface area (TPSA) is 94.0 Å². The van der Waals surface area contributed by atoms with Gasteiger partial charge in [-0.15, -0.1) is 0 Å². The van der Waals surface area contributed by atoms with Gasteiger partial charge in [0.05, 0.1) is 22.2 Å². The molecule has 1 N–H and O–H groups in total. The van der Waals surface area contributed by atoms with Gasteiger partial charge in [-0.05, 0) is 18.2 Å². The Kier molecular flexibility index (Phi) is 4.82. The van der Waals surface area contributed by atoms with E-state index in [-0.39, 0.29) is 21.5 Å². The number of sulfonamides is 1. The van der Waals surface area contributed by atoms with E-state index in [1.807, 2.05) is 0 Å². The van der Waals surface area contributed by atoms with Crippen molar-refractivity contribution >= 4 is 61.8 Å². The van der Waals surface area contributed by atoms with Crippen molar-refractivity contribution in [3.05, 3.63) is 51.0 Å². The van der Waals surface area contributed by atoms with Crippen molar-refractivity contribution in [3.63, 3.8) is 0 Å². The van der Waals surface area contributed by atoms with Crippen LogP contribution in [0, 0.1) is 5.82 Å². The van der Waals surface area contributed by atoms with Crippen LogP contribution >= 0.6 is 34.8 Å². The van der Waals surface area contributed by atoms with Gasteiger partial charge in [-0.3, -0.25) is 4.79 Å². The fourth-order valence-corrected chi connectivity index (χ4v) is 3.26. The minimum Gasteiger partial charge on any atom is -0.268 e. The van der Waals surface area contributed by atoms with E-state index in [2.05, 4.69) is 10.1 Å². The van der Waals surface area contributed by atoms with Gasteiger partial charge >= 0.3 is 0 Å². The lowest BCUT2D eigenvalue weighted by Crippen LogP contribution is -2.30. The Hall–Kier alpha value is -1.94. The number of carbonyl (C=O) groups excluding carboxylic acids is 1. The maximum Gasteiger partial charge on any atom is 0.267 e. The first-order valence-electron chi connectivity index (χ1n) is 6.78. The van der Waals surface area contributed by atoms with Crippen LogP contribution in [0.15, 0.2) is 24.4 Å². The average Bonchev–Trinajstić information content (AvgIpc) is 2.84. The number of rotatable bonds is 3. The first kappa shape index (κ1) is 18.8. The Morgan fingerprint density at radius 2 is 1.88 bits per heavy atom. The number of pyridine rings is 1. The van der Waals surface area contributed by atoms with Crippen LogP contribution in [0.3, 0.4) is 0 Å². The van der Waals surface area contributed by atoms with Crippen molar-refractivity contribution in [2.24, 2.45) is 0 Å². The number of carbonyl (C=O) groups is 1. The number of benzene rings is 1. The predicted octanol–water partition coefficient (Wildman–Crippen LogP) is 3.21. The summed E-state index contributed by atoms with van der Waals surface area (Å²) in [6.07, 6.45) is 2.08. The standard InChI is InChI=1S/C14H8Cl3FN4O3S/c1-26(24,25)21-14(23)8-2-6(15)4-10(11(8)18)22-13-9(12(17)20-22)3-7(16)5-19-13/h2-5H,1H3,(H,21,23). The third-order valence-corrected chi connectivity index (χ3v) is 4.47. The summed E-state index contributed by atoms with van der Waals surface area (Å²) in [5.41, 5.74) is -0.635. The van der Waals surface area contributed by atoms with Crippen LogP contribution in [-0.4, -0.2) is 35.3 Å². The highest BCUT2D eigenvalue weighted by molar-refractivity contribution is 7.89. The first-order valence-corrected chi connectivity index (χ1v) is 9.80. The molecule has 2 aromatic heterocycles. The molecule has 0 aliphatic rings. The van der Waals surface area contributed by atoms with Gasteiger partial charge in [-0.2, -0.15) is 5.10 Å². The van der Waals surface area contributed by atoms with Gasteiger partial charge in [0, 0.05) is 11.2 Å². The zero-order valence-corrected chi connectivity index (χ0v) is 15.9. The van der Waals surface area contributed by atoms with Crippen LogP contribution in [0.2, 0.25) is 15.2 Å². The second-order valence-electron chi connectivity index (χ2n) is 5.22. The maximum absolute atomic E-state index is 14.9. The predicted molar refractivity (Wildman–Crippen MR) is 96.2 cm³/mol. The molecular formula is C14H8Cl3FN4O3S. The minimum atomic E-state index is -3.89. The van der Waals surface area contributed by atoms with Crippen molar-refractivity contribution < 1.29 is 17.6 Å². The van der Waals surface area contributed by atoms with E-state index in [0.29, 0.717) is 10.4 Å². The zero-order valence-electron chi connectivity index (χ0n) is 12.8. The van der Waals surface area contributed by atoms with E-state index in [4.69, 9.17) is 34.8 Å². The molecule has 0 saturated heterocycles. The van der Waals surface area contributed by atoms with Gasteiger partial charge < -0.3 is 0 Å². The number of amides is 1. The molecule has 1 amide bonds. The minimum absolute atomic E-state index is 0.0107. The lowest BCUT2D eigenvalue weighted by molar-refractivity contribution is 0.0977. The van der Waals surface area contributed by atoms with Crippen LogP contribution in [0.4, 0.5) is 4.39 Å². The molecule has 0 aliphatic heterocycles. The van der Waals surface area contributed by atoms with Crippen LogP contribution < -0.4 is 4.72 Å². The van der Waals surface area contributed by atoms with E-state index < -0.39 is 27.3 Å². The summed E-state index contributed by atoms with van der Waals surface area (Å²) in [7, 11) is -3.89. The molecule has 0 radical (unpaired) electrons. The van der Waals surface area contributed by atoms with Gasteiger partial charge in [-0.1, -0.05) is 34.8 Å². The van der Waals surface area contributed by atoms with Crippen LogP contribution in [0.25, 0.3) is 16.7 Å². The number of aromatic nitrogens is 3. The molecule has 12 heteroatoms. The van der Waals surface area contributed by atoms with Crippen LogP contribution in [0.5, 0.6) is 0 Å². The molecule has 1 aromatic carbocycles. The molecule has 7 nitrogen and oxygen atoms in total. The van der Waals surface area contributed by atoms with E-state index in [9.17, 15) is 17.6 Å². The Labute approximate surface area is 161 Å². The SMILES string of the molecule is CS(=O)(=O)NC(=O)c1cc(Cl)cc(-n2nc(Cl)c3cc(Cl)cnc32)c1F. The summed E-state index contributed by atoms with van der Waals surface area (Å²) in [6.45, 7) is 0. The third-order valence-electron chi connectivity index (χ3n) is 3.21. The Balaban J connectivity index is 2.23. The van der Waals surface area contributed by atoms with Gasteiger partial charge in [0.2, 0.25) is 10.0 Å². The normalized spacial score (nSPS) is 11.7. The number of nitrogens with zero attached hydrogens (tertiary/aromatic N) is 3.